The van der Waals surface area contributed by atoms with Gasteiger partial charge in [-0.25, -0.2) is 9.59 Å². The quantitative estimate of drug-likeness (QED) is 0.488. The Balaban J connectivity index is 1.92. The largest absolute Gasteiger partial charge is 0.423 e. The van der Waals surface area contributed by atoms with Gasteiger partial charge in [-0.1, -0.05) is 6.07 Å². The first-order chi connectivity index (χ1) is 13.8. The molecule has 4 aromatic rings. The van der Waals surface area contributed by atoms with Gasteiger partial charge in [0.25, 0.3) is 0 Å². The van der Waals surface area contributed by atoms with Crippen molar-refractivity contribution in [2.24, 2.45) is 0 Å². The fraction of sp³-hybridized carbons (Fsp3) is 0.143. The van der Waals surface area contributed by atoms with Crippen LogP contribution >= 0.6 is 0 Å². The number of halogens is 3. The minimum absolute atomic E-state index is 0.106. The number of alkyl halides is 3. The molecular weight excluding hydrogens is 387 g/mol. The van der Waals surface area contributed by atoms with Crippen molar-refractivity contribution >= 4 is 27.6 Å². The second-order valence-electron chi connectivity index (χ2n) is 6.42. The second-order valence-corrected chi connectivity index (χ2v) is 6.42. The number of fused-ring (bicyclic) bond motifs is 2. The zero-order valence-electron chi connectivity index (χ0n) is 15.1. The Labute approximate surface area is 161 Å². The molecule has 0 saturated carbocycles. The van der Waals surface area contributed by atoms with Crippen LogP contribution < -0.4 is 16.6 Å². The Kier molecular flexibility index (Phi) is 4.41. The summed E-state index contributed by atoms with van der Waals surface area (Å²) < 4.78 is 50.3. The lowest BCUT2D eigenvalue weighted by Crippen LogP contribution is -2.11. The molecule has 29 heavy (non-hydrogen) atoms. The molecule has 0 aliphatic heterocycles. The molecule has 148 valence electrons. The summed E-state index contributed by atoms with van der Waals surface area (Å²) in [5.74, 6) is 0. The first-order valence-electron chi connectivity index (χ1n) is 8.73. The van der Waals surface area contributed by atoms with Crippen LogP contribution in [0.25, 0.3) is 33.1 Å². The Bertz CT molecular complexity index is 1350. The van der Waals surface area contributed by atoms with Gasteiger partial charge in [-0.15, -0.1) is 0 Å². The van der Waals surface area contributed by atoms with Crippen LogP contribution in [0.1, 0.15) is 12.5 Å². The molecule has 4 rings (SSSR count). The van der Waals surface area contributed by atoms with Crippen molar-refractivity contribution in [3.8, 4) is 11.1 Å². The Morgan fingerprint density at radius 3 is 2.45 bits per heavy atom. The molecule has 5 nitrogen and oxygen atoms in total. The third-order valence-electron chi connectivity index (χ3n) is 4.48. The van der Waals surface area contributed by atoms with Gasteiger partial charge in [0.15, 0.2) is 0 Å². The number of hydrogen-bond donors (Lipinski definition) is 1. The number of rotatable bonds is 3. The van der Waals surface area contributed by atoms with Crippen LogP contribution in [0.2, 0.25) is 0 Å². The van der Waals surface area contributed by atoms with Crippen LogP contribution in [0.4, 0.5) is 18.9 Å². The monoisotopic (exact) mass is 401 g/mol. The molecule has 0 aliphatic carbocycles. The average Bonchev–Trinajstić information content (AvgIpc) is 2.66. The van der Waals surface area contributed by atoms with Gasteiger partial charge in [0.1, 0.15) is 11.2 Å². The van der Waals surface area contributed by atoms with Crippen molar-refractivity contribution in [2.45, 2.75) is 13.1 Å². The molecule has 0 aliphatic rings. The van der Waals surface area contributed by atoms with Crippen molar-refractivity contribution in [1.29, 1.82) is 0 Å². The highest BCUT2D eigenvalue weighted by atomic mass is 19.4. The van der Waals surface area contributed by atoms with Gasteiger partial charge >= 0.3 is 17.4 Å². The molecule has 8 heteroatoms. The van der Waals surface area contributed by atoms with Gasteiger partial charge in [-0.3, -0.25) is 0 Å². The molecule has 0 radical (unpaired) electrons. The van der Waals surface area contributed by atoms with E-state index in [9.17, 15) is 22.8 Å². The Morgan fingerprint density at radius 1 is 0.931 bits per heavy atom. The highest BCUT2D eigenvalue weighted by Gasteiger charge is 2.34. The van der Waals surface area contributed by atoms with E-state index < -0.39 is 23.0 Å². The van der Waals surface area contributed by atoms with Crippen molar-refractivity contribution in [3.05, 3.63) is 74.9 Å². The molecule has 2 aromatic carbocycles. The van der Waals surface area contributed by atoms with Crippen LogP contribution in [0, 0.1) is 0 Å². The predicted molar refractivity (Wildman–Crippen MR) is 103 cm³/mol. The summed E-state index contributed by atoms with van der Waals surface area (Å²) in [5, 5.41) is 3.42. The van der Waals surface area contributed by atoms with E-state index >= 15 is 0 Å². The normalized spacial score (nSPS) is 11.9. The van der Waals surface area contributed by atoms with E-state index in [1.54, 1.807) is 18.2 Å². The minimum Gasteiger partial charge on any atom is -0.423 e. The highest BCUT2D eigenvalue weighted by Crippen LogP contribution is 2.35. The summed E-state index contributed by atoms with van der Waals surface area (Å²) in [4.78, 5) is 23.9. The third kappa shape index (κ3) is 3.49. The SMILES string of the molecule is CCNc1ccc2cc(-c3ccc4oc(=O)cc(C(F)(F)F)c4c3)c(=O)oc2c1. The van der Waals surface area contributed by atoms with Crippen LogP contribution in [0.15, 0.2) is 67.0 Å². The van der Waals surface area contributed by atoms with Gasteiger partial charge in [0.05, 0.1) is 11.1 Å². The van der Waals surface area contributed by atoms with Crippen LogP contribution in [-0.4, -0.2) is 6.54 Å². The lowest BCUT2D eigenvalue weighted by atomic mass is 10.0. The van der Waals surface area contributed by atoms with Gasteiger partial charge in [-0.2, -0.15) is 13.2 Å². The zero-order valence-corrected chi connectivity index (χ0v) is 15.1. The predicted octanol–water partition coefficient (Wildman–Crippen LogP) is 5.02. The van der Waals surface area contributed by atoms with Crippen LogP contribution in [0.5, 0.6) is 0 Å². The standard InChI is InChI=1S/C21H14F3NO4/c1-2-25-13-5-3-12-8-14(20(27)29-18(12)9-13)11-4-6-17-15(7-11)16(21(22,23)24)10-19(26)28-17/h3-10,25H,2H2,1H3. The molecule has 0 bridgehead atoms. The van der Waals surface area contributed by atoms with E-state index in [4.69, 9.17) is 8.83 Å². The van der Waals surface area contributed by atoms with Crippen LogP contribution in [-0.2, 0) is 6.18 Å². The van der Waals surface area contributed by atoms with E-state index in [2.05, 4.69) is 5.32 Å². The second kappa shape index (κ2) is 6.80. The molecule has 0 saturated heterocycles. The molecule has 0 spiro atoms. The maximum atomic E-state index is 13.4. The maximum absolute atomic E-state index is 13.4. The van der Waals surface area contributed by atoms with Gasteiger partial charge < -0.3 is 14.2 Å². The van der Waals surface area contributed by atoms with E-state index in [1.165, 1.54) is 18.2 Å². The molecule has 2 aromatic heterocycles. The van der Waals surface area contributed by atoms with E-state index in [0.29, 0.717) is 23.6 Å². The number of hydrogen-bond acceptors (Lipinski definition) is 5. The maximum Gasteiger partial charge on any atom is 0.417 e. The number of benzene rings is 2. The first-order valence-corrected chi connectivity index (χ1v) is 8.73. The third-order valence-corrected chi connectivity index (χ3v) is 4.48. The van der Waals surface area contributed by atoms with E-state index in [0.717, 1.165) is 5.69 Å². The molecule has 0 fully saturated rings. The van der Waals surface area contributed by atoms with Crippen molar-refractivity contribution in [2.75, 3.05) is 11.9 Å². The lowest BCUT2D eigenvalue weighted by molar-refractivity contribution is -0.136. The summed E-state index contributed by atoms with van der Waals surface area (Å²) in [6, 6.07) is 11.0. The smallest absolute Gasteiger partial charge is 0.417 e. The minimum atomic E-state index is -4.75. The molecule has 0 unspecified atom stereocenters. The first kappa shape index (κ1) is 18.8. The summed E-state index contributed by atoms with van der Waals surface area (Å²) in [6.07, 6.45) is -4.75. The molecular formula is C21H14F3NO4. The topological polar surface area (TPSA) is 72.5 Å². The summed E-state index contributed by atoms with van der Waals surface area (Å²) >= 11 is 0. The van der Waals surface area contributed by atoms with E-state index in [1.807, 2.05) is 13.0 Å². The van der Waals surface area contributed by atoms with Gasteiger partial charge in [0.2, 0.25) is 0 Å². The number of anilines is 1. The summed E-state index contributed by atoms with van der Waals surface area (Å²) in [7, 11) is 0. The summed E-state index contributed by atoms with van der Waals surface area (Å²) in [6.45, 7) is 2.63. The van der Waals surface area contributed by atoms with Crippen LogP contribution in [0.3, 0.4) is 0 Å². The van der Waals surface area contributed by atoms with Gasteiger partial charge in [-0.05, 0) is 42.8 Å². The van der Waals surface area contributed by atoms with Crippen molar-refractivity contribution in [1.82, 2.24) is 0 Å². The van der Waals surface area contributed by atoms with E-state index in [-0.39, 0.29) is 22.1 Å². The number of nitrogens with one attached hydrogen (secondary N) is 1. The fourth-order valence-corrected chi connectivity index (χ4v) is 3.19. The fourth-order valence-electron chi connectivity index (χ4n) is 3.19. The lowest BCUT2D eigenvalue weighted by Gasteiger charge is -2.10. The van der Waals surface area contributed by atoms with Crippen molar-refractivity contribution < 1.29 is 22.0 Å². The molecule has 0 amide bonds. The Hall–Kier alpha value is -3.55. The van der Waals surface area contributed by atoms with Gasteiger partial charge in [0, 0.05) is 35.1 Å². The zero-order chi connectivity index (χ0) is 20.8. The summed E-state index contributed by atoms with van der Waals surface area (Å²) in [5.41, 5.74) is -1.64. The highest BCUT2D eigenvalue weighted by molar-refractivity contribution is 5.89. The molecule has 1 N–H and O–H groups in total. The van der Waals surface area contributed by atoms with Crippen molar-refractivity contribution in [3.63, 3.8) is 0 Å². The average molecular weight is 401 g/mol. The Morgan fingerprint density at radius 2 is 1.72 bits per heavy atom. The molecule has 0 atom stereocenters. The molecule has 2 heterocycles.